The molecule has 0 bridgehead atoms. The quantitative estimate of drug-likeness (QED) is 0.440. The fourth-order valence-electron chi connectivity index (χ4n) is 3.43. The van der Waals surface area contributed by atoms with Gasteiger partial charge in [-0.15, -0.1) is 0 Å². The van der Waals surface area contributed by atoms with Gasteiger partial charge in [0.05, 0.1) is 27.4 Å². The van der Waals surface area contributed by atoms with Crippen molar-refractivity contribution in [2.45, 2.75) is 51.7 Å². The van der Waals surface area contributed by atoms with Gasteiger partial charge in [-0.25, -0.2) is 0 Å². The number of nitrogens with one attached hydrogen (secondary N) is 1. The van der Waals surface area contributed by atoms with Crippen LogP contribution in [0.1, 0.15) is 44.6 Å². The van der Waals surface area contributed by atoms with Crippen LogP contribution in [0.2, 0.25) is 0 Å². The second-order valence-electron chi connectivity index (χ2n) is 6.95. The standard InChI is InChI=1S/C21H34N2O4S/c1-5-6-7-12-22-21(28)23(15-17-9-8-13-27-17)14-16-10-11-18(24-2)20(26-4)19(16)25-3/h10-11,17H,5-9,12-15H2,1-4H3,(H,22,28). The van der Waals surface area contributed by atoms with Crippen molar-refractivity contribution in [1.29, 1.82) is 0 Å². The highest BCUT2D eigenvalue weighted by Gasteiger charge is 2.23. The largest absolute Gasteiger partial charge is 0.493 e. The van der Waals surface area contributed by atoms with Crippen LogP contribution in [0.15, 0.2) is 12.1 Å². The average Bonchev–Trinajstić information content (AvgIpc) is 3.23. The van der Waals surface area contributed by atoms with E-state index in [2.05, 4.69) is 17.1 Å². The van der Waals surface area contributed by atoms with Crippen LogP contribution >= 0.6 is 12.2 Å². The van der Waals surface area contributed by atoms with Crippen LogP contribution < -0.4 is 19.5 Å². The molecular weight excluding hydrogens is 376 g/mol. The van der Waals surface area contributed by atoms with Crippen LogP contribution in [0.4, 0.5) is 0 Å². The molecule has 0 radical (unpaired) electrons. The van der Waals surface area contributed by atoms with E-state index in [1.807, 2.05) is 12.1 Å². The Bertz CT molecular complexity index is 621. The fourth-order valence-corrected chi connectivity index (χ4v) is 3.67. The smallest absolute Gasteiger partial charge is 0.203 e. The van der Waals surface area contributed by atoms with Crippen molar-refractivity contribution in [3.8, 4) is 17.2 Å². The topological polar surface area (TPSA) is 52.2 Å². The molecule has 0 aromatic heterocycles. The molecular formula is C21H34N2O4S. The van der Waals surface area contributed by atoms with Gasteiger partial charge in [0.1, 0.15) is 0 Å². The van der Waals surface area contributed by atoms with Gasteiger partial charge in [0.25, 0.3) is 0 Å². The Labute approximate surface area is 174 Å². The second kappa shape index (κ2) is 12.0. The van der Waals surface area contributed by atoms with Crippen LogP contribution in [0.25, 0.3) is 0 Å². The molecule has 0 saturated carbocycles. The zero-order valence-corrected chi connectivity index (χ0v) is 18.4. The van der Waals surface area contributed by atoms with Gasteiger partial charge in [0.15, 0.2) is 16.6 Å². The zero-order valence-electron chi connectivity index (χ0n) is 17.6. The van der Waals surface area contributed by atoms with Crippen LogP contribution in [-0.4, -0.2) is 57.1 Å². The monoisotopic (exact) mass is 410 g/mol. The lowest BCUT2D eigenvalue weighted by Gasteiger charge is -2.29. The summed E-state index contributed by atoms with van der Waals surface area (Å²) >= 11 is 5.71. The predicted molar refractivity (Wildman–Crippen MR) is 116 cm³/mol. The van der Waals surface area contributed by atoms with E-state index >= 15 is 0 Å². The van der Waals surface area contributed by atoms with E-state index in [1.165, 1.54) is 12.8 Å². The number of benzene rings is 1. The molecule has 0 amide bonds. The van der Waals surface area contributed by atoms with Gasteiger partial charge in [-0.3, -0.25) is 0 Å². The number of methoxy groups -OCH3 is 3. The van der Waals surface area contributed by atoms with Crippen molar-refractivity contribution in [2.75, 3.05) is 41.0 Å². The molecule has 1 aromatic carbocycles. The predicted octanol–water partition coefficient (Wildman–Crippen LogP) is 3.76. The molecule has 1 unspecified atom stereocenters. The summed E-state index contributed by atoms with van der Waals surface area (Å²) in [7, 11) is 4.89. The number of unbranched alkanes of at least 4 members (excludes halogenated alkanes) is 2. The Kier molecular flexibility index (Phi) is 9.64. The van der Waals surface area contributed by atoms with Gasteiger partial charge in [-0.2, -0.15) is 0 Å². The molecule has 1 heterocycles. The molecule has 1 aliphatic rings. The van der Waals surface area contributed by atoms with E-state index in [1.54, 1.807) is 21.3 Å². The van der Waals surface area contributed by atoms with Crippen molar-refractivity contribution in [2.24, 2.45) is 0 Å². The number of ether oxygens (including phenoxy) is 4. The lowest BCUT2D eigenvalue weighted by atomic mass is 10.1. The first-order chi connectivity index (χ1) is 13.6. The number of thiocarbonyl (C=S) groups is 1. The molecule has 7 heteroatoms. The van der Waals surface area contributed by atoms with E-state index in [-0.39, 0.29) is 6.10 Å². The first-order valence-electron chi connectivity index (χ1n) is 10.1. The Balaban J connectivity index is 2.17. The summed E-state index contributed by atoms with van der Waals surface area (Å²) in [5.41, 5.74) is 0.996. The minimum atomic E-state index is 0.210. The zero-order chi connectivity index (χ0) is 20.4. The molecule has 1 saturated heterocycles. The minimum absolute atomic E-state index is 0.210. The average molecular weight is 411 g/mol. The van der Waals surface area contributed by atoms with E-state index in [4.69, 9.17) is 31.2 Å². The highest BCUT2D eigenvalue weighted by atomic mass is 32.1. The van der Waals surface area contributed by atoms with Crippen LogP contribution in [0, 0.1) is 0 Å². The summed E-state index contributed by atoms with van der Waals surface area (Å²) in [4.78, 5) is 2.17. The van der Waals surface area contributed by atoms with Gasteiger partial charge >= 0.3 is 0 Å². The number of hydrogen-bond donors (Lipinski definition) is 1. The maximum Gasteiger partial charge on any atom is 0.203 e. The van der Waals surface area contributed by atoms with E-state index in [0.717, 1.165) is 49.6 Å². The molecule has 28 heavy (non-hydrogen) atoms. The normalized spacial score (nSPS) is 15.9. The summed E-state index contributed by atoms with van der Waals surface area (Å²) in [6.45, 7) is 5.29. The van der Waals surface area contributed by atoms with Gasteiger partial charge in [0, 0.05) is 31.8 Å². The lowest BCUT2D eigenvalue weighted by molar-refractivity contribution is 0.0895. The van der Waals surface area contributed by atoms with Crippen molar-refractivity contribution in [3.63, 3.8) is 0 Å². The molecule has 0 spiro atoms. The van der Waals surface area contributed by atoms with Gasteiger partial charge in [-0.1, -0.05) is 19.8 Å². The summed E-state index contributed by atoms with van der Waals surface area (Å²) in [5.74, 6) is 1.92. The molecule has 1 aliphatic heterocycles. The summed E-state index contributed by atoms with van der Waals surface area (Å²) in [5, 5.41) is 4.16. The SMILES string of the molecule is CCCCCNC(=S)N(Cc1ccc(OC)c(OC)c1OC)CC1CCCO1. The third-order valence-electron chi connectivity index (χ3n) is 4.94. The molecule has 158 valence electrons. The van der Waals surface area contributed by atoms with Crippen molar-refractivity contribution in [3.05, 3.63) is 17.7 Å². The highest BCUT2D eigenvalue weighted by Crippen LogP contribution is 2.40. The Morgan fingerprint density at radius 3 is 2.57 bits per heavy atom. The number of hydrogen-bond acceptors (Lipinski definition) is 5. The molecule has 2 rings (SSSR count). The maximum atomic E-state index is 5.85. The lowest BCUT2D eigenvalue weighted by Crippen LogP contribution is -2.43. The molecule has 1 atom stereocenters. The molecule has 1 aromatic rings. The fraction of sp³-hybridized carbons (Fsp3) is 0.667. The first-order valence-corrected chi connectivity index (χ1v) is 10.5. The van der Waals surface area contributed by atoms with Crippen LogP contribution in [-0.2, 0) is 11.3 Å². The maximum absolute atomic E-state index is 5.85. The highest BCUT2D eigenvalue weighted by molar-refractivity contribution is 7.80. The Hall–Kier alpha value is -1.73. The molecule has 1 N–H and O–H groups in total. The van der Waals surface area contributed by atoms with Crippen LogP contribution in [0.3, 0.4) is 0 Å². The third kappa shape index (κ3) is 6.14. The summed E-state index contributed by atoms with van der Waals surface area (Å²) in [6, 6.07) is 3.90. The van der Waals surface area contributed by atoms with E-state index < -0.39 is 0 Å². The van der Waals surface area contributed by atoms with Crippen molar-refractivity contribution in [1.82, 2.24) is 10.2 Å². The molecule has 0 aliphatic carbocycles. The van der Waals surface area contributed by atoms with Gasteiger partial charge in [-0.05, 0) is 43.6 Å². The number of rotatable bonds is 11. The second-order valence-corrected chi connectivity index (χ2v) is 7.33. The van der Waals surface area contributed by atoms with E-state index in [9.17, 15) is 0 Å². The molecule has 6 nitrogen and oxygen atoms in total. The van der Waals surface area contributed by atoms with E-state index in [0.29, 0.717) is 23.8 Å². The Morgan fingerprint density at radius 1 is 1.18 bits per heavy atom. The minimum Gasteiger partial charge on any atom is -0.493 e. The van der Waals surface area contributed by atoms with Crippen molar-refractivity contribution >= 4 is 17.3 Å². The first kappa shape index (κ1) is 22.6. The summed E-state index contributed by atoms with van der Waals surface area (Å²) in [6.07, 6.45) is 5.89. The van der Waals surface area contributed by atoms with Gasteiger partial charge in [0.2, 0.25) is 5.75 Å². The third-order valence-corrected chi connectivity index (χ3v) is 5.34. The molecule has 1 fully saturated rings. The summed E-state index contributed by atoms with van der Waals surface area (Å²) < 4.78 is 22.4. The Morgan fingerprint density at radius 2 is 1.96 bits per heavy atom. The van der Waals surface area contributed by atoms with Gasteiger partial charge < -0.3 is 29.2 Å². The van der Waals surface area contributed by atoms with Crippen LogP contribution in [0.5, 0.6) is 17.2 Å². The van der Waals surface area contributed by atoms with Crippen molar-refractivity contribution < 1.29 is 18.9 Å². The number of nitrogens with zero attached hydrogens (tertiary/aromatic N) is 1.